The van der Waals surface area contributed by atoms with Crippen LogP contribution in [-0.4, -0.2) is 5.11 Å². The lowest BCUT2D eigenvalue weighted by molar-refractivity contribution is 0.182. The molecule has 0 spiro atoms. The van der Waals surface area contributed by atoms with Crippen molar-refractivity contribution in [2.45, 2.75) is 45.1 Å². The second-order valence-electron chi connectivity index (χ2n) is 5.62. The van der Waals surface area contributed by atoms with E-state index in [1.54, 1.807) is 11.3 Å². The third-order valence-electron chi connectivity index (χ3n) is 3.97. The Morgan fingerprint density at radius 2 is 2.05 bits per heavy atom. The molecule has 0 radical (unpaired) electrons. The number of aryl methyl sites for hydroxylation is 3. The fourth-order valence-corrected chi connectivity index (χ4v) is 4.36. The highest BCUT2D eigenvalue weighted by Crippen LogP contribution is 2.34. The van der Waals surface area contributed by atoms with Gasteiger partial charge in [-0.1, -0.05) is 23.7 Å². The van der Waals surface area contributed by atoms with Gasteiger partial charge in [0, 0.05) is 21.2 Å². The molecule has 1 heterocycles. The summed E-state index contributed by atoms with van der Waals surface area (Å²) in [6.45, 7) is 2.03. The highest BCUT2D eigenvalue weighted by molar-refractivity contribution is 7.12. The van der Waals surface area contributed by atoms with Crippen molar-refractivity contribution >= 4 is 22.9 Å². The molecule has 20 heavy (non-hydrogen) atoms. The lowest BCUT2D eigenvalue weighted by atomic mass is 9.98. The molecule has 3 rings (SSSR count). The molecule has 0 amide bonds. The molecule has 1 nitrogen and oxygen atoms in total. The molecule has 106 valence electrons. The molecule has 1 atom stereocenters. The summed E-state index contributed by atoms with van der Waals surface area (Å²) in [5.74, 6) is 0. The van der Waals surface area contributed by atoms with Gasteiger partial charge in [0.2, 0.25) is 0 Å². The van der Waals surface area contributed by atoms with Crippen molar-refractivity contribution in [1.82, 2.24) is 0 Å². The van der Waals surface area contributed by atoms with Crippen LogP contribution in [-0.2, 0) is 19.3 Å². The Hall–Kier alpha value is -0.830. The fraction of sp³-hybridized carbons (Fsp3) is 0.412. The standard InChI is InChI=1S/C17H19ClOS/c1-11-6-7-12(14(18)8-11)9-15(19)17-10-13-4-2-3-5-16(13)20-17/h6-8,10,15,19H,2-5,9H2,1H3. The van der Waals surface area contributed by atoms with E-state index < -0.39 is 6.10 Å². The van der Waals surface area contributed by atoms with E-state index in [0.29, 0.717) is 6.42 Å². The molecule has 1 aliphatic carbocycles. The Morgan fingerprint density at radius 1 is 1.25 bits per heavy atom. The maximum absolute atomic E-state index is 10.5. The summed E-state index contributed by atoms with van der Waals surface area (Å²) in [7, 11) is 0. The number of aliphatic hydroxyl groups excluding tert-OH is 1. The molecule has 1 N–H and O–H groups in total. The van der Waals surface area contributed by atoms with Gasteiger partial charge < -0.3 is 5.11 Å². The summed E-state index contributed by atoms with van der Waals surface area (Å²) in [5, 5.41) is 11.2. The average molecular weight is 307 g/mol. The van der Waals surface area contributed by atoms with E-state index in [4.69, 9.17) is 11.6 Å². The molecule has 0 fully saturated rings. The van der Waals surface area contributed by atoms with E-state index in [9.17, 15) is 5.11 Å². The van der Waals surface area contributed by atoms with Crippen LogP contribution in [0.2, 0.25) is 5.02 Å². The molecule has 0 aliphatic heterocycles. The van der Waals surface area contributed by atoms with E-state index in [-0.39, 0.29) is 0 Å². The van der Waals surface area contributed by atoms with Gasteiger partial charge in [-0.05, 0) is 61.4 Å². The Labute approximate surface area is 129 Å². The smallest absolute Gasteiger partial charge is 0.0922 e. The quantitative estimate of drug-likeness (QED) is 0.858. The summed E-state index contributed by atoms with van der Waals surface area (Å²) in [6, 6.07) is 8.23. The van der Waals surface area contributed by atoms with Crippen molar-refractivity contribution in [1.29, 1.82) is 0 Å². The molecule has 1 unspecified atom stereocenters. The third-order valence-corrected chi connectivity index (χ3v) is 5.66. The van der Waals surface area contributed by atoms with Gasteiger partial charge in [-0.2, -0.15) is 0 Å². The van der Waals surface area contributed by atoms with Crippen LogP contribution in [0.5, 0.6) is 0 Å². The van der Waals surface area contributed by atoms with Crippen molar-refractivity contribution in [2.75, 3.05) is 0 Å². The lowest BCUT2D eigenvalue weighted by Gasteiger charge is -2.10. The number of rotatable bonds is 3. The first-order valence-corrected chi connectivity index (χ1v) is 8.37. The van der Waals surface area contributed by atoms with Crippen LogP contribution in [0.15, 0.2) is 24.3 Å². The summed E-state index contributed by atoms with van der Waals surface area (Å²) in [6.07, 6.45) is 5.07. The van der Waals surface area contributed by atoms with Crippen LogP contribution in [0.1, 0.15) is 45.4 Å². The third kappa shape index (κ3) is 2.93. The summed E-state index contributed by atoms with van der Waals surface area (Å²) in [5.41, 5.74) is 3.63. The Kier molecular flexibility index (Phi) is 4.16. The summed E-state index contributed by atoms with van der Waals surface area (Å²) in [4.78, 5) is 2.56. The first-order chi connectivity index (χ1) is 9.63. The molecule has 3 heteroatoms. The molecule has 2 aromatic rings. The van der Waals surface area contributed by atoms with Crippen molar-refractivity contribution in [3.63, 3.8) is 0 Å². The Morgan fingerprint density at radius 3 is 2.80 bits per heavy atom. The van der Waals surface area contributed by atoms with Crippen molar-refractivity contribution in [3.05, 3.63) is 55.7 Å². The first kappa shape index (κ1) is 14.1. The van der Waals surface area contributed by atoms with Gasteiger partial charge in [0.25, 0.3) is 0 Å². The summed E-state index contributed by atoms with van der Waals surface area (Å²) < 4.78 is 0. The van der Waals surface area contributed by atoms with E-state index in [1.807, 2.05) is 25.1 Å². The predicted octanol–water partition coefficient (Wildman–Crippen LogP) is 4.86. The SMILES string of the molecule is Cc1ccc(CC(O)c2cc3c(s2)CCCC3)c(Cl)c1. The van der Waals surface area contributed by atoms with Gasteiger partial charge in [-0.3, -0.25) is 0 Å². The molecular weight excluding hydrogens is 288 g/mol. The highest BCUT2D eigenvalue weighted by atomic mass is 35.5. The van der Waals surface area contributed by atoms with E-state index in [0.717, 1.165) is 21.0 Å². The molecule has 0 saturated carbocycles. The second-order valence-corrected chi connectivity index (χ2v) is 7.19. The number of fused-ring (bicyclic) bond motifs is 1. The molecule has 1 aliphatic rings. The number of thiophene rings is 1. The van der Waals surface area contributed by atoms with Crippen LogP contribution in [0.3, 0.4) is 0 Å². The van der Waals surface area contributed by atoms with E-state index in [2.05, 4.69) is 6.07 Å². The van der Waals surface area contributed by atoms with Gasteiger partial charge in [0.05, 0.1) is 6.10 Å². The largest absolute Gasteiger partial charge is 0.387 e. The molecule has 1 aromatic carbocycles. The van der Waals surface area contributed by atoms with Crippen LogP contribution >= 0.6 is 22.9 Å². The molecule has 0 bridgehead atoms. The number of benzene rings is 1. The highest BCUT2D eigenvalue weighted by Gasteiger charge is 2.18. The molecule has 0 saturated heterocycles. The monoisotopic (exact) mass is 306 g/mol. The first-order valence-electron chi connectivity index (χ1n) is 7.18. The minimum atomic E-state index is -0.439. The summed E-state index contributed by atoms with van der Waals surface area (Å²) >= 11 is 8.03. The van der Waals surface area contributed by atoms with E-state index in [1.165, 1.54) is 36.1 Å². The van der Waals surface area contributed by atoms with Crippen LogP contribution in [0.25, 0.3) is 0 Å². The van der Waals surface area contributed by atoms with Crippen molar-refractivity contribution in [2.24, 2.45) is 0 Å². The zero-order chi connectivity index (χ0) is 14.1. The Bertz CT molecular complexity index is 594. The molecular formula is C17H19ClOS. The number of aliphatic hydroxyl groups is 1. The average Bonchev–Trinajstić information content (AvgIpc) is 2.86. The lowest BCUT2D eigenvalue weighted by Crippen LogP contribution is -2.00. The van der Waals surface area contributed by atoms with Gasteiger partial charge in [0.15, 0.2) is 0 Å². The fourth-order valence-electron chi connectivity index (χ4n) is 2.80. The second kappa shape index (κ2) is 5.88. The predicted molar refractivity (Wildman–Crippen MR) is 85.8 cm³/mol. The van der Waals surface area contributed by atoms with Crippen molar-refractivity contribution < 1.29 is 5.11 Å². The maximum Gasteiger partial charge on any atom is 0.0922 e. The minimum Gasteiger partial charge on any atom is -0.387 e. The van der Waals surface area contributed by atoms with Crippen LogP contribution in [0.4, 0.5) is 0 Å². The van der Waals surface area contributed by atoms with Gasteiger partial charge >= 0.3 is 0 Å². The number of hydrogen-bond acceptors (Lipinski definition) is 2. The van der Waals surface area contributed by atoms with Crippen LogP contribution in [0, 0.1) is 6.92 Å². The number of halogens is 1. The van der Waals surface area contributed by atoms with Gasteiger partial charge in [-0.15, -0.1) is 11.3 Å². The maximum atomic E-state index is 10.5. The zero-order valence-electron chi connectivity index (χ0n) is 11.7. The normalized spacial score (nSPS) is 15.9. The van der Waals surface area contributed by atoms with Crippen molar-refractivity contribution in [3.8, 4) is 0 Å². The van der Waals surface area contributed by atoms with Gasteiger partial charge in [0.1, 0.15) is 0 Å². The topological polar surface area (TPSA) is 20.2 Å². The van der Waals surface area contributed by atoms with E-state index >= 15 is 0 Å². The van der Waals surface area contributed by atoms with Gasteiger partial charge in [-0.25, -0.2) is 0 Å². The number of hydrogen-bond donors (Lipinski definition) is 1. The van der Waals surface area contributed by atoms with Crippen LogP contribution < -0.4 is 0 Å². The molecule has 1 aromatic heterocycles. The Balaban J connectivity index is 1.78. The minimum absolute atomic E-state index is 0.439. The zero-order valence-corrected chi connectivity index (χ0v) is 13.2.